The quantitative estimate of drug-likeness (QED) is 0.280. The lowest BCUT2D eigenvalue weighted by Crippen LogP contribution is -2.41. The van der Waals surface area contributed by atoms with E-state index in [9.17, 15) is 4.79 Å². The van der Waals surface area contributed by atoms with E-state index in [2.05, 4.69) is 53.0 Å². The summed E-state index contributed by atoms with van der Waals surface area (Å²) in [6, 6.07) is 6.44. The molecule has 5 nitrogen and oxygen atoms in total. The number of carbonyl (C=O) groups is 1. The van der Waals surface area contributed by atoms with Crippen LogP contribution in [0.4, 0.5) is 0 Å². The van der Waals surface area contributed by atoms with E-state index in [0.29, 0.717) is 13.1 Å². The third-order valence-electron chi connectivity index (χ3n) is 3.83. The van der Waals surface area contributed by atoms with E-state index in [1.807, 2.05) is 0 Å². The molecule has 0 aliphatic heterocycles. The summed E-state index contributed by atoms with van der Waals surface area (Å²) in [6.07, 6.45) is 2.08. The fourth-order valence-electron chi connectivity index (χ4n) is 2.30. The molecule has 23 heavy (non-hydrogen) atoms. The van der Waals surface area contributed by atoms with Crippen molar-refractivity contribution in [3.05, 3.63) is 34.9 Å². The Bertz CT molecular complexity index is 556. The molecule has 1 aromatic carbocycles. The van der Waals surface area contributed by atoms with E-state index < -0.39 is 0 Å². The maximum absolute atomic E-state index is 11.5. The number of guanidine groups is 1. The van der Waals surface area contributed by atoms with Gasteiger partial charge in [-0.1, -0.05) is 23.8 Å². The summed E-state index contributed by atoms with van der Waals surface area (Å²) >= 11 is 0. The summed E-state index contributed by atoms with van der Waals surface area (Å²) < 4.78 is 0. The van der Waals surface area contributed by atoms with Crippen molar-refractivity contribution in [3.63, 3.8) is 0 Å². The molecule has 0 saturated heterocycles. The van der Waals surface area contributed by atoms with Crippen LogP contribution in [0.15, 0.2) is 23.2 Å². The maximum Gasteiger partial charge on any atom is 0.223 e. The van der Waals surface area contributed by atoms with Gasteiger partial charge in [-0.05, 0) is 37.8 Å². The summed E-state index contributed by atoms with van der Waals surface area (Å²) in [5.41, 5.74) is 3.81. The molecule has 128 valence electrons. The second-order valence-electron chi connectivity index (χ2n) is 5.85. The number of halogens is 1. The van der Waals surface area contributed by atoms with E-state index in [0.717, 1.165) is 25.3 Å². The number of carbonyl (C=O) groups excluding carboxylic acids is 1. The van der Waals surface area contributed by atoms with Gasteiger partial charge < -0.3 is 16.0 Å². The smallest absolute Gasteiger partial charge is 0.223 e. The number of amides is 1. The van der Waals surface area contributed by atoms with Crippen molar-refractivity contribution < 1.29 is 4.79 Å². The zero-order valence-corrected chi connectivity index (χ0v) is 16.4. The number of nitrogens with zero attached hydrogens (tertiary/aromatic N) is 1. The molecular formula is C17H27IN4O. The standard InChI is InChI=1S/C17H26N4O.HI/c1-12-4-5-15(13(2)10-12)11-21-17(18-3)20-9-8-19-16(22)14-6-7-14;/h4-5,10,14H,6-9,11H2,1-3H3,(H,19,22)(H2,18,20,21);1H. The van der Waals surface area contributed by atoms with Crippen LogP contribution >= 0.6 is 24.0 Å². The Labute approximate surface area is 155 Å². The molecule has 0 unspecified atom stereocenters. The molecule has 1 fully saturated rings. The highest BCUT2D eigenvalue weighted by atomic mass is 127. The highest BCUT2D eigenvalue weighted by molar-refractivity contribution is 14.0. The largest absolute Gasteiger partial charge is 0.355 e. The highest BCUT2D eigenvalue weighted by Gasteiger charge is 2.28. The first-order valence-electron chi connectivity index (χ1n) is 7.88. The van der Waals surface area contributed by atoms with Crippen molar-refractivity contribution in [2.45, 2.75) is 33.2 Å². The Morgan fingerprint density at radius 3 is 2.48 bits per heavy atom. The average Bonchev–Trinajstić information content (AvgIpc) is 3.32. The van der Waals surface area contributed by atoms with Gasteiger partial charge in [0.15, 0.2) is 5.96 Å². The molecule has 0 spiro atoms. The van der Waals surface area contributed by atoms with Crippen molar-refractivity contribution in [1.82, 2.24) is 16.0 Å². The summed E-state index contributed by atoms with van der Waals surface area (Å²) in [5, 5.41) is 9.43. The summed E-state index contributed by atoms with van der Waals surface area (Å²) in [5.74, 6) is 1.20. The summed E-state index contributed by atoms with van der Waals surface area (Å²) in [4.78, 5) is 15.7. The first-order chi connectivity index (χ1) is 10.6. The van der Waals surface area contributed by atoms with Crippen LogP contribution in [-0.2, 0) is 11.3 Å². The van der Waals surface area contributed by atoms with Crippen LogP contribution in [-0.4, -0.2) is 32.0 Å². The lowest BCUT2D eigenvalue weighted by Gasteiger charge is -2.13. The lowest BCUT2D eigenvalue weighted by molar-refractivity contribution is -0.122. The van der Waals surface area contributed by atoms with E-state index in [1.165, 1.54) is 16.7 Å². The van der Waals surface area contributed by atoms with Gasteiger partial charge in [-0.2, -0.15) is 0 Å². The fraction of sp³-hybridized carbons (Fsp3) is 0.529. The van der Waals surface area contributed by atoms with Crippen LogP contribution in [0.1, 0.15) is 29.5 Å². The van der Waals surface area contributed by atoms with Crippen molar-refractivity contribution >= 4 is 35.8 Å². The number of hydrogen-bond acceptors (Lipinski definition) is 2. The second kappa shape index (κ2) is 9.75. The molecule has 2 rings (SSSR count). The van der Waals surface area contributed by atoms with Gasteiger partial charge in [-0.25, -0.2) is 0 Å². The van der Waals surface area contributed by atoms with Gasteiger partial charge in [0.25, 0.3) is 0 Å². The number of hydrogen-bond donors (Lipinski definition) is 3. The molecule has 0 aromatic heterocycles. The van der Waals surface area contributed by atoms with Gasteiger partial charge in [0.05, 0.1) is 0 Å². The van der Waals surface area contributed by atoms with E-state index in [1.54, 1.807) is 7.05 Å². The zero-order valence-electron chi connectivity index (χ0n) is 14.1. The topological polar surface area (TPSA) is 65.5 Å². The first-order valence-corrected chi connectivity index (χ1v) is 7.88. The van der Waals surface area contributed by atoms with Crippen LogP contribution in [0.5, 0.6) is 0 Å². The summed E-state index contributed by atoms with van der Waals surface area (Å²) in [6.45, 7) is 6.25. The predicted molar refractivity (Wildman–Crippen MR) is 105 cm³/mol. The van der Waals surface area contributed by atoms with Crippen LogP contribution in [0.3, 0.4) is 0 Å². The Kier molecular flexibility index (Phi) is 8.36. The van der Waals surface area contributed by atoms with Gasteiger partial charge in [-0.3, -0.25) is 9.79 Å². The predicted octanol–water partition coefficient (Wildman–Crippen LogP) is 2.11. The molecule has 0 heterocycles. The minimum Gasteiger partial charge on any atom is -0.355 e. The minimum atomic E-state index is 0. The number of nitrogens with one attached hydrogen (secondary N) is 3. The Balaban J connectivity index is 0.00000264. The normalized spacial score (nSPS) is 14.0. The molecule has 0 atom stereocenters. The average molecular weight is 430 g/mol. The second-order valence-corrected chi connectivity index (χ2v) is 5.85. The summed E-state index contributed by atoms with van der Waals surface area (Å²) in [7, 11) is 1.75. The van der Waals surface area contributed by atoms with Crippen molar-refractivity contribution in [2.24, 2.45) is 10.9 Å². The van der Waals surface area contributed by atoms with Gasteiger partial charge in [0.1, 0.15) is 0 Å². The van der Waals surface area contributed by atoms with Crippen LogP contribution in [0.25, 0.3) is 0 Å². The molecule has 1 aliphatic carbocycles. The minimum absolute atomic E-state index is 0. The lowest BCUT2D eigenvalue weighted by atomic mass is 10.1. The molecule has 3 N–H and O–H groups in total. The van der Waals surface area contributed by atoms with Gasteiger partial charge in [0, 0.05) is 32.6 Å². The first kappa shape index (κ1) is 19.7. The monoisotopic (exact) mass is 430 g/mol. The molecule has 0 bridgehead atoms. The maximum atomic E-state index is 11.5. The van der Waals surface area contributed by atoms with E-state index >= 15 is 0 Å². The highest BCUT2D eigenvalue weighted by Crippen LogP contribution is 2.28. The van der Waals surface area contributed by atoms with Crippen LogP contribution < -0.4 is 16.0 Å². The zero-order chi connectivity index (χ0) is 15.9. The fourth-order valence-corrected chi connectivity index (χ4v) is 2.30. The van der Waals surface area contributed by atoms with Crippen molar-refractivity contribution in [2.75, 3.05) is 20.1 Å². The number of rotatable bonds is 6. The van der Waals surface area contributed by atoms with Gasteiger partial charge in [0.2, 0.25) is 5.91 Å². The number of aliphatic imine (C=N–C) groups is 1. The Morgan fingerprint density at radius 2 is 1.87 bits per heavy atom. The number of benzene rings is 1. The molecular weight excluding hydrogens is 403 g/mol. The third-order valence-corrected chi connectivity index (χ3v) is 3.83. The molecule has 1 aromatic rings. The van der Waals surface area contributed by atoms with Crippen LogP contribution in [0.2, 0.25) is 0 Å². The van der Waals surface area contributed by atoms with Gasteiger partial charge >= 0.3 is 0 Å². The van der Waals surface area contributed by atoms with Crippen LogP contribution in [0, 0.1) is 19.8 Å². The van der Waals surface area contributed by atoms with Crippen molar-refractivity contribution in [1.29, 1.82) is 0 Å². The molecule has 1 aliphatic rings. The van der Waals surface area contributed by atoms with Gasteiger partial charge in [-0.15, -0.1) is 24.0 Å². The number of aryl methyl sites for hydroxylation is 2. The van der Waals surface area contributed by atoms with E-state index in [-0.39, 0.29) is 35.8 Å². The molecule has 1 saturated carbocycles. The molecule has 1 amide bonds. The molecule has 0 radical (unpaired) electrons. The van der Waals surface area contributed by atoms with E-state index in [4.69, 9.17) is 0 Å². The Morgan fingerprint density at radius 1 is 1.17 bits per heavy atom. The SMILES string of the molecule is CN=C(NCCNC(=O)C1CC1)NCc1ccc(C)cc1C.I. The third kappa shape index (κ3) is 6.76. The van der Waals surface area contributed by atoms with Crippen molar-refractivity contribution in [3.8, 4) is 0 Å². The Hall–Kier alpha value is -1.31. The molecule has 6 heteroatoms.